The molecule has 2 heteroatoms. The highest BCUT2D eigenvalue weighted by Crippen LogP contribution is 1.96. The van der Waals surface area contributed by atoms with Crippen molar-refractivity contribution in [1.82, 2.24) is 0 Å². The number of rotatable bonds is 6. The molecule has 0 aromatic carbocycles. The summed E-state index contributed by atoms with van der Waals surface area (Å²) in [6, 6.07) is 0. The zero-order valence-electron chi connectivity index (χ0n) is 6.80. The smallest absolute Gasteiger partial charge is 0.0972 e. The Bertz CT molecular complexity index is 81.3. The maximum atomic E-state index is 5.14. The monoisotopic (exact) mass is 144 g/mol. The van der Waals surface area contributed by atoms with Gasteiger partial charge < -0.3 is 9.47 Å². The minimum atomic E-state index is 0.226. The Morgan fingerprint density at radius 2 is 2.30 bits per heavy atom. The molecular weight excluding hydrogens is 128 g/mol. The second-order valence-electron chi connectivity index (χ2n) is 2.10. The van der Waals surface area contributed by atoms with Gasteiger partial charge in [-0.05, 0) is 13.8 Å². The van der Waals surface area contributed by atoms with Gasteiger partial charge in [0.2, 0.25) is 0 Å². The van der Waals surface area contributed by atoms with E-state index >= 15 is 0 Å². The highest BCUT2D eigenvalue weighted by molar-refractivity contribution is 4.56. The molecule has 0 fully saturated rings. The van der Waals surface area contributed by atoms with Crippen LogP contribution in [0, 0.1) is 0 Å². The molecule has 0 spiro atoms. The molecule has 0 aromatic rings. The Morgan fingerprint density at radius 1 is 1.60 bits per heavy atom. The van der Waals surface area contributed by atoms with Gasteiger partial charge in [0.25, 0.3) is 0 Å². The first-order chi connectivity index (χ1) is 4.81. The van der Waals surface area contributed by atoms with E-state index in [0.717, 1.165) is 19.6 Å². The van der Waals surface area contributed by atoms with E-state index in [1.807, 2.05) is 13.8 Å². The van der Waals surface area contributed by atoms with Gasteiger partial charge in [-0.2, -0.15) is 0 Å². The summed E-state index contributed by atoms with van der Waals surface area (Å²) in [5, 5.41) is 0. The summed E-state index contributed by atoms with van der Waals surface area (Å²) in [7, 11) is 0. The lowest BCUT2D eigenvalue weighted by molar-refractivity contribution is 0.0868. The number of hydrogen-bond donors (Lipinski definition) is 0. The molecule has 0 heterocycles. The van der Waals surface area contributed by atoms with Crippen LogP contribution < -0.4 is 0 Å². The predicted molar refractivity (Wildman–Crippen MR) is 41.9 cm³/mol. The number of hydrogen-bond acceptors (Lipinski definition) is 2. The van der Waals surface area contributed by atoms with Crippen LogP contribution in [0.5, 0.6) is 0 Å². The zero-order valence-corrected chi connectivity index (χ0v) is 6.80. The van der Waals surface area contributed by atoms with Crippen LogP contribution in [0.3, 0.4) is 0 Å². The van der Waals surface area contributed by atoms with Crippen LogP contribution in [0.4, 0.5) is 0 Å². The normalized spacial score (nSPS) is 12.6. The van der Waals surface area contributed by atoms with E-state index in [-0.39, 0.29) is 6.10 Å². The molecule has 10 heavy (non-hydrogen) atoms. The fourth-order valence-corrected chi connectivity index (χ4v) is 0.626. The van der Waals surface area contributed by atoms with Gasteiger partial charge in [-0.15, -0.1) is 0 Å². The summed E-state index contributed by atoms with van der Waals surface area (Å²) in [5.74, 6) is 0. The van der Waals surface area contributed by atoms with E-state index in [1.165, 1.54) is 6.26 Å². The van der Waals surface area contributed by atoms with Crippen LogP contribution in [0.25, 0.3) is 0 Å². The molecule has 0 rings (SSSR count). The van der Waals surface area contributed by atoms with E-state index in [9.17, 15) is 0 Å². The molecule has 0 aliphatic heterocycles. The third-order valence-corrected chi connectivity index (χ3v) is 1.20. The van der Waals surface area contributed by atoms with Gasteiger partial charge in [-0.1, -0.05) is 6.58 Å². The molecule has 2 nitrogen and oxygen atoms in total. The third kappa shape index (κ3) is 5.63. The fraction of sp³-hybridized carbons (Fsp3) is 0.750. The van der Waals surface area contributed by atoms with Crippen LogP contribution in [0.1, 0.15) is 20.3 Å². The Balaban J connectivity index is 3.04. The number of ether oxygens (including phenoxy) is 2. The summed E-state index contributed by atoms with van der Waals surface area (Å²) >= 11 is 0. The van der Waals surface area contributed by atoms with E-state index < -0.39 is 0 Å². The first-order valence-electron chi connectivity index (χ1n) is 3.65. The Morgan fingerprint density at radius 3 is 2.80 bits per heavy atom. The summed E-state index contributed by atoms with van der Waals surface area (Å²) < 4.78 is 10.2. The average molecular weight is 144 g/mol. The molecule has 0 radical (unpaired) electrons. The molecule has 0 saturated heterocycles. The third-order valence-electron chi connectivity index (χ3n) is 1.20. The van der Waals surface area contributed by atoms with Gasteiger partial charge in [0, 0.05) is 13.0 Å². The van der Waals surface area contributed by atoms with Gasteiger partial charge >= 0.3 is 0 Å². The standard InChI is InChI=1S/C8H16O2/c1-4-9-7-6-8(3)10-5-2/h5,8H,2,4,6-7H2,1,3H3. The van der Waals surface area contributed by atoms with Crippen molar-refractivity contribution in [3.63, 3.8) is 0 Å². The highest BCUT2D eigenvalue weighted by Gasteiger charge is 1.97. The molecule has 1 atom stereocenters. The van der Waals surface area contributed by atoms with Gasteiger partial charge in [0.05, 0.1) is 19.0 Å². The van der Waals surface area contributed by atoms with E-state index in [2.05, 4.69) is 6.58 Å². The molecule has 0 saturated carbocycles. The van der Waals surface area contributed by atoms with Crippen LogP contribution in [-0.2, 0) is 9.47 Å². The second-order valence-corrected chi connectivity index (χ2v) is 2.10. The molecule has 60 valence electrons. The minimum absolute atomic E-state index is 0.226. The lowest BCUT2D eigenvalue weighted by atomic mass is 10.3. The van der Waals surface area contributed by atoms with E-state index in [1.54, 1.807) is 0 Å². The lowest BCUT2D eigenvalue weighted by Crippen LogP contribution is -2.08. The molecule has 0 aliphatic rings. The zero-order chi connectivity index (χ0) is 7.82. The van der Waals surface area contributed by atoms with E-state index in [0.29, 0.717) is 0 Å². The first kappa shape index (κ1) is 9.50. The van der Waals surface area contributed by atoms with Crippen LogP contribution in [0.2, 0.25) is 0 Å². The first-order valence-corrected chi connectivity index (χ1v) is 3.65. The quantitative estimate of drug-likeness (QED) is 0.419. The highest BCUT2D eigenvalue weighted by atomic mass is 16.5. The van der Waals surface area contributed by atoms with Gasteiger partial charge in [-0.3, -0.25) is 0 Å². The van der Waals surface area contributed by atoms with Crippen molar-refractivity contribution in [1.29, 1.82) is 0 Å². The van der Waals surface area contributed by atoms with E-state index in [4.69, 9.17) is 9.47 Å². The Hall–Kier alpha value is -0.500. The van der Waals surface area contributed by atoms with Crippen molar-refractivity contribution < 1.29 is 9.47 Å². The summed E-state index contributed by atoms with van der Waals surface area (Å²) in [6.45, 7) is 9.00. The molecule has 0 bridgehead atoms. The molecule has 0 aliphatic carbocycles. The summed E-state index contributed by atoms with van der Waals surface area (Å²) in [6.07, 6.45) is 2.63. The van der Waals surface area contributed by atoms with Crippen molar-refractivity contribution in [3.8, 4) is 0 Å². The topological polar surface area (TPSA) is 18.5 Å². The maximum Gasteiger partial charge on any atom is 0.0972 e. The van der Waals surface area contributed by atoms with Crippen molar-refractivity contribution in [2.75, 3.05) is 13.2 Å². The molecular formula is C8H16O2. The summed E-state index contributed by atoms with van der Waals surface area (Å²) in [4.78, 5) is 0. The Labute approximate surface area is 62.8 Å². The minimum Gasteiger partial charge on any atom is -0.499 e. The predicted octanol–water partition coefficient (Wildman–Crippen LogP) is 1.96. The fourth-order valence-electron chi connectivity index (χ4n) is 0.626. The maximum absolute atomic E-state index is 5.14. The van der Waals surface area contributed by atoms with Crippen LogP contribution in [-0.4, -0.2) is 19.3 Å². The largest absolute Gasteiger partial charge is 0.499 e. The molecule has 1 unspecified atom stereocenters. The van der Waals surface area contributed by atoms with Crippen LogP contribution >= 0.6 is 0 Å². The van der Waals surface area contributed by atoms with Crippen molar-refractivity contribution in [2.45, 2.75) is 26.4 Å². The van der Waals surface area contributed by atoms with Crippen molar-refractivity contribution in [3.05, 3.63) is 12.8 Å². The lowest BCUT2D eigenvalue weighted by Gasteiger charge is -2.09. The van der Waals surface area contributed by atoms with Gasteiger partial charge in [0.15, 0.2) is 0 Å². The second kappa shape index (κ2) is 6.62. The summed E-state index contributed by atoms with van der Waals surface area (Å²) in [5.41, 5.74) is 0. The molecule has 0 amide bonds. The van der Waals surface area contributed by atoms with Crippen molar-refractivity contribution in [2.24, 2.45) is 0 Å². The van der Waals surface area contributed by atoms with Crippen LogP contribution in [0.15, 0.2) is 12.8 Å². The average Bonchev–Trinajstić information content (AvgIpc) is 1.89. The van der Waals surface area contributed by atoms with Crippen molar-refractivity contribution >= 4 is 0 Å². The van der Waals surface area contributed by atoms with Gasteiger partial charge in [0.1, 0.15) is 0 Å². The molecule has 0 N–H and O–H groups in total. The Kier molecular flexibility index (Phi) is 6.29. The molecule has 0 aromatic heterocycles. The van der Waals surface area contributed by atoms with Gasteiger partial charge in [-0.25, -0.2) is 0 Å². The SMILES string of the molecule is C=COC(C)CCOCC.